The van der Waals surface area contributed by atoms with Crippen molar-refractivity contribution in [3.05, 3.63) is 52.8 Å². The highest BCUT2D eigenvalue weighted by Crippen LogP contribution is 2.40. The van der Waals surface area contributed by atoms with Crippen molar-refractivity contribution in [2.24, 2.45) is 0 Å². The van der Waals surface area contributed by atoms with E-state index in [1.165, 1.54) is 19.4 Å². The highest BCUT2D eigenvalue weighted by Gasteiger charge is 2.35. The number of hydrogen-bond acceptors (Lipinski definition) is 7. The Hall–Kier alpha value is -2.79. The highest BCUT2D eigenvalue weighted by molar-refractivity contribution is 9.11. The van der Waals surface area contributed by atoms with Gasteiger partial charge in [0.05, 0.1) is 29.2 Å². The van der Waals surface area contributed by atoms with E-state index in [-0.39, 0.29) is 17.3 Å². The van der Waals surface area contributed by atoms with Gasteiger partial charge in [-0.05, 0) is 40.2 Å². The van der Waals surface area contributed by atoms with Crippen LogP contribution in [0.3, 0.4) is 0 Å². The largest absolute Gasteiger partial charge is 0.491 e. The number of alkyl halides is 3. The van der Waals surface area contributed by atoms with Gasteiger partial charge in [-0.15, -0.1) is 0 Å². The summed E-state index contributed by atoms with van der Waals surface area (Å²) in [5.41, 5.74) is -0.488. The average Bonchev–Trinajstić information content (AvgIpc) is 2.79. The van der Waals surface area contributed by atoms with Gasteiger partial charge in [-0.25, -0.2) is 4.98 Å². The smallest absolute Gasteiger partial charge is 0.418 e. The lowest BCUT2D eigenvalue weighted by Gasteiger charge is -2.28. The predicted molar refractivity (Wildman–Crippen MR) is 122 cm³/mol. The van der Waals surface area contributed by atoms with Crippen LogP contribution in [0.2, 0.25) is 0 Å². The van der Waals surface area contributed by atoms with E-state index >= 15 is 0 Å². The van der Waals surface area contributed by atoms with Crippen molar-refractivity contribution < 1.29 is 17.9 Å². The minimum absolute atomic E-state index is 0.114. The molecule has 1 aromatic heterocycles. The number of benzene rings is 1. The molecule has 7 nitrogen and oxygen atoms in total. The van der Waals surface area contributed by atoms with E-state index in [9.17, 15) is 13.2 Å². The molecule has 0 amide bonds. The Morgan fingerprint density at radius 1 is 1.22 bits per heavy atom. The number of nitrogens with zero attached hydrogens (tertiary/aromatic N) is 4. The number of nitrogens with one attached hydrogen (secondary N) is 2. The summed E-state index contributed by atoms with van der Waals surface area (Å²) in [6.45, 7) is 3.46. The first kappa shape index (κ1) is 22.4. The van der Waals surface area contributed by atoms with E-state index in [0.717, 1.165) is 19.2 Å². The third-order valence-corrected chi connectivity index (χ3v) is 5.84. The zero-order valence-corrected chi connectivity index (χ0v) is 18.9. The first-order valence-corrected chi connectivity index (χ1v) is 10.8. The Morgan fingerprint density at radius 3 is 2.69 bits per heavy atom. The second-order valence-corrected chi connectivity index (χ2v) is 8.02. The van der Waals surface area contributed by atoms with Gasteiger partial charge >= 0.3 is 6.18 Å². The van der Waals surface area contributed by atoms with E-state index in [1.54, 1.807) is 17.0 Å². The molecule has 11 heteroatoms. The molecule has 2 aromatic rings. The van der Waals surface area contributed by atoms with Crippen molar-refractivity contribution in [1.29, 1.82) is 0 Å². The van der Waals surface area contributed by atoms with Crippen LogP contribution >= 0.6 is 15.9 Å². The number of methoxy groups -OCH3 is 1. The van der Waals surface area contributed by atoms with E-state index in [4.69, 9.17) is 4.74 Å². The minimum Gasteiger partial charge on any atom is -0.491 e. The summed E-state index contributed by atoms with van der Waals surface area (Å²) in [4.78, 5) is 12.5. The predicted octanol–water partition coefficient (Wildman–Crippen LogP) is 4.27. The zero-order chi connectivity index (χ0) is 22.7. The number of ether oxygens (including phenoxy) is 1. The third kappa shape index (κ3) is 4.83. The van der Waals surface area contributed by atoms with Crippen LogP contribution < -0.4 is 25.2 Å². The summed E-state index contributed by atoms with van der Waals surface area (Å²) in [6.07, 6.45) is 2.40. The molecular formula is C21H22BrF3N6O. The molecule has 0 spiro atoms. The van der Waals surface area contributed by atoms with Gasteiger partial charge < -0.3 is 25.2 Å². The second kappa shape index (κ2) is 9.37. The fourth-order valence-corrected chi connectivity index (χ4v) is 4.01. The SMILES string of the molecule is COc1cnc(N2CCNCC2)nc1Nc1ccc(N2CC=CC=C2Br)cc1C(F)(F)F. The molecule has 1 aromatic carbocycles. The summed E-state index contributed by atoms with van der Waals surface area (Å²) >= 11 is 3.40. The maximum Gasteiger partial charge on any atom is 0.418 e. The Bertz CT molecular complexity index is 1040. The maximum absolute atomic E-state index is 14.0. The van der Waals surface area contributed by atoms with Crippen molar-refractivity contribution in [3.63, 3.8) is 0 Å². The number of piperazine rings is 1. The van der Waals surface area contributed by atoms with Gasteiger partial charge in [0.2, 0.25) is 5.95 Å². The molecular weight excluding hydrogens is 489 g/mol. The molecule has 1 saturated heterocycles. The Morgan fingerprint density at radius 2 is 2.00 bits per heavy atom. The fraction of sp³-hybridized carbons (Fsp3) is 0.333. The number of aromatic nitrogens is 2. The van der Waals surface area contributed by atoms with Crippen LogP contribution in [0.1, 0.15) is 5.56 Å². The van der Waals surface area contributed by atoms with Gasteiger partial charge in [0.25, 0.3) is 0 Å². The highest BCUT2D eigenvalue weighted by atomic mass is 79.9. The lowest BCUT2D eigenvalue weighted by Crippen LogP contribution is -2.44. The van der Waals surface area contributed by atoms with Gasteiger partial charge in [0, 0.05) is 38.4 Å². The normalized spacial score (nSPS) is 16.7. The number of anilines is 4. The lowest BCUT2D eigenvalue weighted by atomic mass is 10.1. The summed E-state index contributed by atoms with van der Waals surface area (Å²) in [5, 5.41) is 6.07. The molecule has 2 N–H and O–H groups in total. The van der Waals surface area contributed by atoms with Crippen LogP contribution in [0.4, 0.5) is 36.3 Å². The average molecular weight is 511 g/mol. The molecule has 2 aliphatic rings. The molecule has 0 unspecified atom stereocenters. The number of halogens is 4. The van der Waals surface area contributed by atoms with Gasteiger partial charge in [0.15, 0.2) is 11.6 Å². The van der Waals surface area contributed by atoms with Gasteiger partial charge in [-0.2, -0.15) is 18.2 Å². The first-order valence-electron chi connectivity index (χ1n) is 10.0. The third-order valence-electron chi connectivity index (χ3n) is 5.15. The van der Waals surface area contributed by atoms with E-state index in [2.05, 4.69) is 36.5 Å². The van der Waals surface area contributed by atoms with Crippen molar-refractivity contribution in [2.75, 3.05) is 55.0 Å². The van der Waals surface area contributed by atoms with Crippen molar-refractivity contribution in [2.45, 2.75) is 6.18 Å². The van der Waals surface area contributed by atoms with Crippen LogP contribution in [0.25, 0.3) is 0 Å². The Labute approximate surface area is 192 Å². The van der Waals surface area contributed by atoms with E-state index < -0.39 is 11.7 Å². The topological polar surface area (TPSA) is 65.5 Å². The Balaban J connectivity index is 1.69. The molecule has 32 heavy (non-hydrogen) atoms. The van der Waals surface area contributed by atoms with Crippen molar-refractivity contribution >= 4 is 39.1 Å². The van der Waals surface area contributed by atoms with Crippen LogP contribution in [0.15, 0.2) is 47.2 Å². The quantitative estimate of drug-likeness (QED) is 0.582. The molecule has 0 saturated carbocycles. The minimum atomic E-state index is -4.57. The maximum atomic E-state index is 14.0. The summed E-state index contributed by atoms with van der Waals surface area (Å²) < 4.78 is 47.9. The molecule has 2 aliphatic heterocycles. The number of hydrogen-bond donors (Lipinski definition) is 2. The van der Waals surface area contributed by atoms with Gasteiger partial charge in [-0.1, -0.05) is 12.2 Å². The molecule has 3 heterocycles. The monoisotopic (exact) mass is 510 g/mol. The van der Waals surface area contributed by atoms with Crippen LogP contribution in [0.5, 0.6) is 5.75 Å². The van der Waals surface area contributed by atoms with Crippen LogP contribution in [-0.2, 0) is 6.18 Å². The van der Waals surface area contributed by atoms with Crippen molar-refractivity contribution in [3.8, 4) is 5.75 Å². The standard InChI is InChI=1S/C21H22BrF3N6O/c1-32-17-13-27-20(30-10-7-26-8-11-30)29-19(17)28-16-6-5-14(12-15(16)21(23,24)25)31-9-3-2-4-18(31)22/h2-6,12-13,26H,7-11H2,1H3,(H,27,28,29). The molecule has 0 aliphatic carbocycles. The van der Waals surface area contributed by atoms with Gasteiger partial charge in [0.1, 0.15) is 0 Å². The van der Waals surface area contributed by atoms with E-state index in [0.29, 0.717) is 35.9 Å². The molecule has 0 atom stereocenters. The number of rotatable bonds is 5. The summed E-state index contributed by atoms with van der Waals surface area (Å²) in [6, 6.07) is 4.17. The molecule has 170 valence electrons. The second-order valence-electron chi connectivity index (χ2n) is 7.20. The number of allylic oxidation sites excluding steroid dienone is 2. The first-order chi connectivity index (χ1) is 15.4. The van der Waals surface area contributed by atoms with E-state index in [1.807, 2.05) is 17.1 Å². The Kier molecular flexibility index (Phi) is 6.56. The summed E-state index contributed by atoms with van der Waals surface area (Å²) in [5.74, 6) is 0.873. The summed E-state index contributed by atoms with van der Waals surface area (Å²) in [7, 11) is 1.43. The van der Waals surface area contributed by atoms with Crippen molar-refractivity contribution in [1.82, 2.24) is 15.3 Å². The lowest BCUT2D eigenvalue weighted by molar-refractivity contribution is -0.136. The molecule has 1 fully saturated rings. The molecule has 0 bridgehead atoms. The van der Waals surface area contributed by atoms with Gasteiger partial charge in [-0.3, -0.25) is 0 Å². The molecule has 4 rings (SSSR count). The van der Waals surface area contributed by atoms with Crippen LogP contribution in [0, 0.1) is 0 Å². The zero-order valence-electron chi connectivity index (χ0n) is 17.3. The fourth-order valence-electron chi connectivity index (χ4n) is 3.51. The van der Waals surface area contributed by atoms with Crippen LogP contribution in [-0.4, -0.2) is 49.8 Å². The molecule has 0 radical (unpaired) electrons.